The monoisotopic (exact) mass is 447 g/mol. The highest BCUT2D eigenvalue weighted by molar-refractivity contribution is 5.99. The number of carbonyl (C=O) groups is 2. The van der Waals surface area contributed by atoms with E-state index in [2.05, 4.69) is 5.32 Å². The van der Waals surface area contributed by atoms with Crippen LogP contribution in [0.25, 0.3) is 0 Å². The summed E-state index contributed by atoms with van der Waals surface area (Å²) in [5, 5.41) is 2.65. The summed E-state index contributed by atoms with van der Waals surface area (Å²) in [6.07, 6.45) is -1.59. The van der Waals surface area contributed by atoms with Gasteiger partial charge in [-0.2, -0.15) is 13.2 Å². The number of fused-ring (bicyclic) bond motifs is 1. The second-order valence-electron chi connectivity index (χ2n) is 7.88. The number of amides is 2. The van der Waals surface area contributed by atoms with Crippen molar-refractivity contribution in [1.29, 1.82) is 0 Å². The molecule has 2 amide bonds. The minimum absolute atomic E-state index is 0.0598. The van der Waals surface area contributed by atoms with Crippen LogP contribution >= 0.6 is 0 Å². The Kier molecular flexibility index (Phi) is 6.25. The number of nitrogens with zero attached hydrogens (tertiary/aromatic N) is 2. The first-order valence-electron chi connectivity index (χ1n) is 10.6. The average Bonchev–Trinajstić information content (AvgIpc) is 2.78. The van der Waals surface area contributed by atoms with E-state index in [9.17, 15) is 22.8 Å². The van der Waals surface area contributed by atoms with Gasteiger partial charge in [0.25, 0.3) is 5.91 Å². The first-order chi connectivity index (χ1) is 15.3. The highest BCUT2D eigenvalue weighted by Gasteiger charge is 2.32. The van der Waals surface area contributed by atoms with E-state index in [1.165, 1.54) is 11.0 Å². The fraction of sp³-hybridized carbons (Fsp3) is 0.391. The Labute approximate surface area is 183 Å². The predicted octanol–water partition coefficient (Wildman–Crippen LogP) is 4.45. The quantitative estimate of drug-likeness (QED) is 0.736. The molecule has 0 bridgehead atoms. The van der Waals surface area contributed by atoms with Crippen LogP contribution in [0, 0.1) is 0 Å². The van der Waals surface area contributed by atoms with Gasteiger partial charge in [-0.25, -0.2) is 0 Å². The van der Waals surface area contributed by atoms with Crippen molar-refractivity contribution in [2.75, 3.05) is 41.4 Å². The van der Waals surface area contributed by atoms with Crippen LogP contribution in [0.5, 0.6) is 5.75 Å². The van der Waals surface area contributed by atoms with Crippen molar-refractivity contribution in [3.63, 3.8) is 0 Å². The number of piperidine rings is 1. The van der Waals surface area contributed by atoms with E-state index < -0.39 is 17.6 Å². The Morgan fingerprint density at radius 3 is 2.53 bits per heavy atom. The Bertz CT molecular complexity index is 1000. The van der Waals surface area contributed by atoms with E-state index in [0.29, 0.717) is 17.1 Å². The largest absolute Gasteiger partial charge is 0.482 e. The van der Waals surface area contributed by atoms with E-state index in [1.807, 2.05) is 4.90 Å². The molecule has 170 valence electrons. The topological polar surface area (TPSA) is 61.9 Å². The van der Waals surface area contributed by atoms with Crippen molar-refractivity contribution in [2.45, 2.75) is 31.9 Å². The molecular formula is C23H24F3N3O3. The van der Waals surface area contributed by atoms with Crippen LogP contribution < -0.4 is 19.9 Å². The normalized spacial score (nSPS) is 16.4. The maximum Gasteiger partial charge on any atom is 0.416 e. The Morgan fingerprint density at radius 1 is 1.03 bits per heavy atom. The van der Waals surface area contributed by atoms with Crippen LogP contribution in [0.2, 0.25) is 0 Å². The lowest BCUT2D eigenvalue weighted by atomic mass is 10.1. The molecule has 1 fully saturated rings. The summed E-state index contributed by atoms with van der Waals surface area (Å²) in [6, 6.07) is 10.5. The van der Waals surface area contributed by atoms with E-state index in [4.69, 9.17) is 4.74 Å². The van der Waals surface area contributed by atoms with Gasteiger partial charge in [-0.15, -0.1) is 0 Å². The highest BCUT2D eigenvalue weighted by Crippen LogP contribution is 2.36. The second-order valence-corrected chi connectivity index (χ2v) is 7.88. The zero-order valence-corrected chi connectivity index (χ0v) is 17.5. The maximum atomic E-state index is 13.3. The third kappa shape index (κ3) is 4.81. The van der Waals surface area contributed by atoms with Crippen molar-refractivity contribution < 1.29 is 27.5 Å². The molecule has 32 heavy (non-hydrogen) atoms. The summed E-state index contributed by atoms with van der Waals surface area (Å²) in [4.78, 5) is 28.4. The number of carbonyl (C=O) groups excluding carboxylic acids is 2. The van der Waals surface area contributed by atoms with Crippen LogP contribution in [-0.2, 0) is 15.8 Å². The molecule has 6 nitrogen and oxygen atoms in total. The molecule has 0 saturated carbocycles. The number of para-hydroxylation sites is 2. The van der Waals surface area contributed by atoms with Gasteiger partial charge in [-0.3, -0.25) is 9.59 Å². The third-order valence-electron chi connectivity index (χ3n) is 5.67. The molecular weight excluding hydrogens is 423 g/mol. The van der Waals surface area contributed by atoms with Crippen molar-refractivity contribution in [3.05, 3.63) is 48.0 Å². The molecule has 2 aromatic rings. The lowest BCUT2D eigenvalue weighted by Gasteiger charge is -2.31. The van der Waals surface area contributed by atoms with E-state index in [-0.39, 0.29) is 31.2 Å². The number of alkyl halides is 3. The molecule has 9 heteroatoms. The minimum Gasteiger partial charge on any atom is -0.482 e. The highest BCUT2D eigenvalue weighted by atomic mass is 19.4. The van der Waals surface area contributed by atoms with Gasteiger partial charge in [0.15, 0.2) is 6.61 Å². The summed E-state index contributed by atoms with van der Waals surface area (Å²) < 4.78 is 45.2. The van der Waals surface area contributed by atoms with Gasteiger partial charge in [0, 0.05) is 26.1 Å². The molecule has 4 rings (SSSR count). The van der Waals surface area contributed by atoms with E-state index in [0.717, 1.165) is 44.5 Å². The molecule has 0 spiro atoms. The van der Waals surface area contributed by atoms with Gasteiger partial charge in [-0.05, 0) is 49.6 Å². The van der Waals surface area contributed by atoms with Crippen LogP contribution in [0.3, 0.4) is 0 Å². The van der Waals surface area contributed by atoms with Gasteiger partial charge in [0.05, 0.1) is 22.6 Å². The van der Waals surface area contributed by atoms with Crippen LogP contribution in [0.15, 0.2) is 42.5 Å². The van der Waals surface area contributed by atoms with Crippen LogP contribution in [0.4, 0.5) is 30.2 Å². The zero-order valence-electron chi connectivity index (χ0n) is 17.5. The first kappa shape index (κ1) is 22.0. The van der Waals surface area contributed by atoms with Gasteiger partial charge in [0.1, 0.15) is 5.75 Å². The number of halogens is 3. The van der Waals surface area contributed by atoms with Crippen molar-refractivity contribution >= 4 is 28.9 Å². The van der Waals surface area contributed by atoms with Gasteiger partial charge in [-0.1, -0.05) is 12.1 Å². The van der Waals surface area contributed by atoms with Gasteiger partial charge in [0.2, 0.25) is 5.91 Å². The number of anilines is 3. The number of rotatable bonds is 5. The number of nitrogens with one attached hydrogen (secondary N) is 1. The molecule has 0 aliphatic carbocycles. The SMILES string of the molecule is O=C(CCN1C(=O)COc2ccccc21)Nc1cc(C(F)(F)F)ccc1N1CCCCC1. The number of hydrogen-bond donors (Lipinski definition) is 1. The molecule has 0 aromatic heterocycles. The van der Waals surface area contributed by atoms with Crippen LogP contribution in [-0.4, -0.2) is 38.1 Å². The van der Waals surface area contributed by atoms with E-state index >= 15 is 0 Å². The minimum atomic E-state index is -4.51. The molecule has 0 radical (unpaired) electrons. The Morgan fingerprint density at radius 2 is 1.78 bits per heavy atom. The van der Waals surface area contributed by atoms with E-state index in [1.54, 1.807) is 24.3 Å². The second kappa shape index (κ2) is 9.10. The lowest BCUT2D eigenvalue weighted by molar-refractivity contribution is -0.137. The zero-order chi connectivity index (χ0) is 22.7. The summed E-state index contributed by atoms with van der Waals surface area (Å²) in [6.45, 7) is 1.44. The van der Waals surface area contributed by atoms with Crippen molar-refractivity contribution in [3.8, 4) is 5.75 Å². The fourth-order valence-electron chi connectivity index (χ4n) is 4.05. The molecule has 1 N–H and O–H groups in total. The predicted molar refractivity (Wildman–Crippen MR) is 115 cm³/mol. The molecule has 2 aliphatic heterocycles. The number of hydrogen-bond acceptors (Lipinski definition) is 4. The lowest BCUT2D eigenvalue weighted by Crippen LogP contribution is -2.40. The molecule has 1 saturated heterocycles. The third-order valence-corrected chi connectivity index (χ3v) is 5.67. The smallest absolute Gasteiger partial charge is 0.416 e. The fourth-order valence-corrected chi connectivity index (χ4v) is 4.05. The van der Waals surface area contributed by atoms with Crippen molar-refractivity contribution in [1.82, 2.24) is 0 Å². The molecule has 0 unspecified atom stereocenters. The summed E-state index contributed by atoms with van der Waals surface area (Å²) in [5.74, 6) is -0.179. The molecule has 0 atom stereocenters. The molecule has 2 heterocycles. The average molecular weight is 447 g/mol. The number of ether oxygens (including phenoxy) is 1. The Balaban J connectivity index is 1.50. The van der Waals surface area contributed by atoms with Gasteiger partial charge < -0.3 is 19.9 Å². The standard InChI is InChI=1S/C23H24F3N3O3/c24-23(25,26)16-8-9-18(28-11-4-1-5-12-28)17(14-16)27-21(30)10-13-29-19-6-2-3-7-20(19)32-15-22(29)31/h2-3,6-9,14H,1,4-5,10-13,15H2,(H,27,30). The summed E-state index contributed by atoms with van der Waals surface area (Å²) >= 11 is 0. The molecule has 2 aromatic carbocycles. The Hall–Kier alpha value is -3.23. The maximum absolute atomic E-state index is 13.3. The molecule has 2 aliphatic rings. The number of benzene rings is 2. The first-order valence-corrected chi connectivity index (χ1v) is 10.6. The van der Waals surface area contributed by atoms with Crippen molar-refractivity contribution in [2.24, 2.45) is 0 Å². The van der Waals surface area contributed by atoms with Gasteiger partial charge >= 0.3 is 6.18 Å². The van der Waals surface area contributed by atoms with Crippen LogP contribution in [0.1, 0.15) is 31.2 Å². The summed E-state index contributed by atoms with van der Waals surface area (Å²) in [7, 11) is 0. The summed E-state index contributed by atoms with van der Waals surface area (Å²) in [5.41, 5.74) is 0.481.